The van der Waals surface area contributed by atoms with E-state index in [-0.39, 0.29) is 0 Å². The van der Waals surface area contributed by atoms with Crippen molar-refractivity contribution < 1.29 is 5.11 Å². The van der Waals surface area contributed by atoms with Gasteiger partial charge in [0, 0.05) is 29.0 Å². The van der Waals surface area contributed by atoms with Crippen molar-refractivity contribution in [2.75, 3.05) is 0 Å². The Morgan fingerprint density at radius 1 is 0.590 bits per heavy atom. The maximum atomic E-state index is 8.94. The minimum Gasteiger partial charge on any atom is -0.508 e. The fraction of sp³-hybridized carbons (Fsp3) is 0.343. The first-order valence-corrected chi connectivity index (χ1v) is 14.0. The van der Waals surface area contributed by atoms with Crippen molar-refractivity contribution in [3.05, 3.63) is 120 Å². The molecule has 4 nitrogen and oxygen atoms in total. The average Bonchev–Trinajstić information content (AvgIpc) is 3.62. The van der Waals surface area contributed by atoms with Gasteiger partial charge in [-0.15, -0.1) is 0 Å². The van der Waals surface area contributed by atoms with Crippen molar-refractivity contribution in [3.63, 3.8) is 0 Å². The number of aromatic amines is 2. The van der Waals surface area contributed by atoms with E-state index < -0.39 is 0 Å². The van der Waals surface area contributed by atoms with Crippen molar-refractivity contribution in [2.45, 2.75) is 79.1 Å². The van der Waals surface area contributed by atoms with E-state index in [9.17, 15) is 0 Å². The van der Waals surface area contributed by atoms with Gasteiger partial charge in [-0.2, -0.15) is 0 Å². The average molecular weight is 526 g/mol. The molecule has 5 rings (SSSR count). The van der Waals surface area contributed by atoms with Gasteiger partial charge in [-0.25, -0.2) is 4.98 Å². The van der Waals surface area contributed by atoms with E-state index in [1.54, 1.807) is 18.5 Å². The number of nitrogens with zero attached hydrogens (tertiary/aromatic N) is 1. The molecule has 0 amide bonds. The smallest absolute Gasteiger partial charge is 0.115 e. The molecule has 0 saturated heterocycles. The molecule has 5 aromatic rings. The van der Waals surface area contributed by atoms with Crippen LogP contribution in [0.5, 0.6) is 5.75 Å². The summed E-state index contributed by atoms with van der Waals surface area (Å²) in [7, 11) is 0. The molecule has 4 heteroatoms. The summed E-state index contributed by atoms with van der Waals surface area (Å²) < 4.78 is 0. The topological polar surface area (TPSA) is 64.7 Å². The predicted molar refractivity (Wildman–Crippen MR) is 168 cm³/mol. The third-order valence-electron chi connectivity index (χ3n) is 6.41. The SMILES string of the molecule is CC(C)c1c[nH]c2ccccc12.CC(C)c1ccc(O)cc1.CC(C)c1ccccc1.CC(C)c1cnc[nH]1. The lowest BCUT2D eigenvalue weighted by Gasteiger charge is -2.03. The summed E-state index contributed by atoms with van der Waals surface area (Å²) in [4.78, 5) is 10.2. The van der Waals surface area contributed by atoms with E-state index in [2.05, 4.69) is 125 Å². The molecule has 208 valence electrons. The molecule has 0 unspecified atom stereocenters. The number of phenolic OH excluding ortho intramolecular Hbond substituents is 1. The third kappa shape index (κ3) is 10.8. The summed E-state index contributed by atoms with van der Waals surface area (Å²) in [6, 6.07) is 26.3. The Labute approximate surface area is 235 Å². The fourth-order valence-corrected chi connectivity index (χ4v) is 3.85. The van der Waals surface area contributed by atoms with Crippen molar-refractivity contribution in [1.82, 2.24) is 15.0 Å². The quantitative estimate of drug-likeness (QED) is 0.218. The molecule has 0 atom stereocenters. The number of rotatable bonds is 4. The fourth-order valence-electron chi connectivity index (χ4n) is 3.85. The van der Waals surface area contributed by atoms with Crippen LogP contribution in [0, 0.1) is 0 Å². The maximum Gasteiger partial charge on any atom is 0.115 e. The zero-order chi connectivity index (χ0) is 28.8. The number of hydrogen-bond acceptors (Lipinski definition) is 2. The van der Waals surface area contributed by atoms with Gasteiger partial charge in [0.05, 0.1) is 6.33 Å². The van der Waals surface area contributed by atoms with Crippen LogP contribution in [-0.2, 0) is 0 Å². The number of imidazole rings is 1. The number of fused-ring (bicyclic) bond motifs is 1. The summed E-state index contributed by atoms with van der Waals surface area (Å²) in [5.74, 6) is 2.70. The van der Waals surface area contributed by atoms with E-state index in [1.165, 1.54) is 33.3 Å². The second-order valence-corrected chi connectivity index (χ2v) is 10.9. The summed E-state index contributed by atoms with van der Waals surface area (Å²) in [6.45, 7) is 17.4. The van der Waals surface area contributed by atoms with E-state index in [0.29, 0.717) is 29.4 Å². The zero-order valence-corrected chi connectivity index (χ0v) is 24.9. The molecule has 0 saturated carbocycles. The van der Waals surface area contributed by atoms with Crippen molar-refractivity contribution >= 4 is 10.9 Å². The number of phenols is 1. The standard InChI is InChI=1S/C11H13N.C9H12O.C9H12.C6H10N2/c1-8(2)10-7-12-11-6-4-3-5-9(10)11;1-7(2)8-3-5-9(10)6-4-8;1-8(2)9-6-4-3-5-7-9;1-5(2)6-3-7-4-8-6/h3-8,12H,1-2H3;3-7,10H,1-2H3;3-8H,1-2H3;3-5H,1-2H3,(H,7,8). The largest absolute Gasteiger partial charge is 0.508 e. The number of aromatic hydroxyl groups is 1. The zero-order valence-electron chi connectivity index (χ0n) is 24.9. The molecule has 3 aromatic carbocycles. The van der Waals surface area contributed by atoms with Gasteiger partial charge >= 0.3 is 0 Å². The Morgan fingerprint density at radius 3 is 1.62 bits per heavy atom. The van der Waals surface area contributed by atoms with Crippen LogP contribution in [0.25, 0.3) is 10.9 Å². The van der Waals surface area contributed by atoms with E-state index in [0.717, 1.165) is 0 Å². The normalized spacial score (nSPS) is 10.6. The van der Waals surface area contributed by atoms with Crippen LogP contribution in [-0.4, -0.2) is 20.1 Å². The van der Waals surface area contributed by atoms with Crippen LogP contribution in [0.4, 0.5) is 0 Å². The van der Waals surface area contributed by atoms with E-state index in [4.69, 9.17) is 5.11 Å². The van der Waals surface area contributed by atoms with E-state index >= 15 is 0 Å². The number of aromatic nitrogens is 3. The Bertz CT molecular complexity index is 1300. The van der Waals surface area contributed by atoms with Crippen LogP contribution < -0.4 is 0 Å². The summed E-state index contributed by atoms with van der Waals surface area (Å²) in [6.07, 6.45) is 5.66. The molecule has 0 aliphatic carbocycles. The van der Waals surface area contributed by atoms with Gasteiger partial charge < -0.3 is 15.1 Å². The number of hydrogen-bond donors (Lipinski definition) is 3. The minimum absolute atomic E-state index is 0.337. The number of nitrogens with one attached hydrogen (secondary N) is 2. The summed E-state index contributed by atoms with van der Waals surface area (Å²) in [5.41, 5.74) is 6.52. The summed E-state index contributed by atoms with van der Waals surface area (Å²) in [5, 5.41) is 10.3. The highest BCUT2D eigenvalue weighted by Crippen LogP contribution is 2.24. The van der Waals surface area contributed by atoms with Gasteiger partial charge in [-0.05, 0) is 58.6 Å². The highest BCUT2D eigenvalue weighted by molar-refractivity contribution is 5.83. The molecular formula is C35H47N3O. The van der Waals surface area contributed by atoms with Gasteiger partial charge in [0.2, 0.25) is 0 Å². The molecule has 0 bridgehead atoms. The molecular weight excluding hydrogens is 478 g/mol. The highest BCUT2D eigenvalue weighted by atomic mass is 16.3. The second kappa shape index (κ2) is 16.2. The van der Waals surface area contributed by atoms with Crippen LogP contribution in [0.3, 0.4) is 0 Å². The Kier molecular flexibility index (Phi) is 13.1. The Balaban J connectivity index is 0.000000185. The molecule has 2 aromatic heterocycles. The molecule has 0 fully saturated rings. The molecule has 3 N–H and O–H groups in total. The van der Waals surface area contributed by atoms with Crippen LogP contribution in [0.2, 0.25) is 0 Å². The van der Waals surface area contributed by atoms with Crippen molar-refractivity contribution in [1.29, 1.82) is 0 Å². The molecule has 0 radical (unpaired) electrons. The number of benzene rings is 3. The molecule has 0 spiro atoms. The lowest BCUT2D eigenvalue weighted by Crippen LogP contribution is -1.84. The third-order valence-corrected chi connectivity index (χ3v) is 6.41. The maximum absolute atomic E-state index is 8.94. The first kappa shape index (κ1) is 31.4. The molecule has 39 heavy (non-hydrogen) atoms. The Hall–Kier alpha value is -3.79. The molecule has 2 heterocycles. The minimum atomic E-state index is 0.337. The predicted octanol–water partition coefficient (Wildman–Crippen LogP) is 10.1. The summed E-state index contributed by atoms with van der Waals surface area (Å²) >= 11 is 0. The van der Waals surface area contributed by atoms with E-state index in [1.807, 2.05) is 24.4 Å². The lowest BCUT2D eigenvalue weighted by atomic mass is 10.0. The van der Waals surface area contributed by atoms with Crippen LogP contribution >= 0.6 is 0 Å². The first-order chi connectivity index (χ1) is 18.6. The van der Waals surface area contributed by atoms with Gasteiger partial charge in [-0.3, -0.25) is 0 Å². The Morgan fingerprint density at radius 2 is 1.15 bits per heavy atom. The number of H-pyrrole nitrogens is 2. The van der Waals surface area contributed by atoms with Gasteiger partial charge in [0.15, 0.2) is 0 Å². The van der Waals surface area contributed by atoms with Crippen molar-refractivity contribution in [3.8, 4) is 5.75 Å². The number of para-hydroxylation sites is 1. The first-order valence-electron chi connectivity index (χ1n) is 14.0. The highest BCUT2D eigenvalue weighted by Gasteiger charge is 2.05. The van der Waals surface area contributed by atoms with Gasteiger partial charge in [0.1, 0.15) is 5.75 Å². The second-order valence-electron chi connectivity index (χ2n) is 10.9. The van der Waals surface area contributed by atoms with Gasteiger partial charge in [0.25, 0.3) is 0 Å². The monoisotopic (exact) mass is 525 g/mol. The molecule has 0 aliphatic heterocycles. The van der Waals surface area contributed by atoms with Gasteiger partial charge in [-0.1, -0.05) is 116 Å². The van der Waals surface area contributed by atoms with Crippen LogP contribution in [0.1, 0.15) is 101 Å². The molecule has 0 aliphatic rings. The lowest BCUT2D eigenvalue weighted by molar-refractivity contribution is 0.475. The van der Waals surface area contributed by atoms with Crippen LogP contribution in [0.15, 0.2) is 97.6 Å². The van der Waals surface area contributed by atoms with Crippen molar-refractivity contribution in [2.24, 2.45) is 0 Å².